The van der Waals surface area contributed by atoms with Gasteiger partial charge in [-0.15, -0.1) is 0 Å². The molecular formula is C27H26N4O3. The Kier molecular flexibility index (Phi) is 5.68. The van der Waals surface area contributed by atoms with Crippen LogP contribution in [0.5, 0.6) is 0 Å². The summed E-state index contributed by atoms with van der Waals surface area (Å²) < 4.78 is 11.6. The van der Waals surface area contributed by atoms with Crippen molar-refractivity contribution in [2.75, 3.05) is 32.1 Å². The van der Waals surface area contributed by atoms with Gasteiger partial charge >= 0.3 is 5.97 Å². The zero-order chi connectivity index (χ0) is 23.8. The van der Waals surface area contributed by atoms with Crippen LogP contribution in [-0.2, 0) is 16.1 Å². The molecule has 7 nitrogen and oxygen atoms in total. The number of esters is 1. The van der Waals surface area contributed by atoms with Crippen molar-refractivity contribution in [1.29, 1.82) is 5.26 Å². The maximum atomic E-state index is 11.8. The molecule has 3 heterocycles. The van der Waals surface area contributed by atoms with Gasteiger partial charge in [-0.3, -0.25) is 4.79 Å². The van der Waals surface area contributed by atoms with Gasteiger partial charge in [-0.1, -0.05) is 30.3 Å². The lowest BCUT2D eigenvalue weighted by Gasteiger charge is -2.27. The third-order valence-corrected chi connectivity index (χ3v) is 6.57. The van der Waals surface area contributed by atoms with Gasteiger partial charge in [0.1, 0.15) is 18.2 Å². The zero-order valence-corrected chi connectivity index (χ0v) is 19.5. The number of nitrogens with zero attached hydrogens (tertiary/aromatic N) is 4. The lowest BCUT2D eigenvalue weighted by Crippen LogP contribution is -2.31. The molecule has 0 spiro atoms. The maximum absolute atomic E-state index is 11.8. The van der Waals surface area contributed by atoms with Crippen LogP contribution < -0.4 is 4.90 Å². The molecule has 172 valence electrons. The van der Waals surface area contributed by atoms with Crippen LogP contribution in [-0.4, -0.2) is 49.1 Å². The van der Waals surface area contributed by atoms with Crippen LogP contribution in [0.25, 0.3) is 33.2 Å². The van der Waals surface area contributed by atoms with E-state index in [9.17, 15) is 10.1 Å². The molecule has 34 heavy (non-hydrogen) atoms. The Bertz CT molecular complexity index is 1420. The predicted molar refractivity (Wildman–Crippen MR) is 131 cm³/mol. The average Bonchev–Trinajstić information content (AvgIpc) is 3.47. The summed E-state index contributed by atoms with van der Waals surface area (Å²) in [4.78, 5) is 20.8. The van der Waals surface area contributed by atoms with E-state index >= 15 is 0 Å². The van der Waals surface area contributed by atoms with Gasteiger partial charge in [0, 0.05) is 43.4 Å². The first-order valence-corrected chi connectivity index (χ1v) is 11.4. The number of carbonyl (C=O) groups excluding carboxylic acids is 1. The van der Waals surface area contributed by atoms with E-state index in [1.165, 1.54) is 6.92 Å². The van der Waals surface area contributed by atoms with Gasteiger partial charge in [-0.2, -0.15) is 5.26 Å². The molecule has 0 bridgehead atoms. The molecule has 1 saturated heterocycles. The highest BCUT2D eigenvalue weighted by Gasteiger charge is 2.32. The molecule has 5 rings (SSSR count). The molecule has 0 aliphatic carbocycles. The second kappa shape index (κ2) is 8.81. The van der Waals surface area contributed by atoms with Crippen molar-refractivity contribution in [3.05, 3.63) is 59.8 Å². The van der Waals surface area contributed by atoms with E-state index < -0.39 is 5.97 Å². The predicted octanol–water partition coefficient (Wildman–Crippen LogP) is 4.72. The van der Waals surface area contributed by atoms with Gasteiger partial charge in [0.15, 0.2) is 5.58 Å². The standard InChI is InChI=1S/C27H26N4O3/c1-17(32)33-16-22-21(14-28)26-24(20-10-7-12-29-27(20)34-26)25(23(22)18-8-5-4-6-9-18)31-13-11-19(15-31)30(2)3/h4-10,12,19H,11,13,15-16H2,1-3H3/t19-/m0/s1. The van der Waals surface area contributed by atoms with Crippen LogP contribution in [0.15, 0.2) is 53.1 Å². The van der Waals surface area contributed by atoms with Gasteiger partial charge in [0.05, 0.1) is 16.5 Å². The fourth-order valence-electron chi connectivity index (χ4n) is 4.91. The van der Waals surface area contributed by atoms with E-state index in [-0.39, 0.29) is 6.61 Å². The zero-order valence-electron chi connectivity index (χ0n) is 19.5. The molecule has 0 unspecified atom stereocenters. The van der Waals surface area contributed by atoms with Crippen molar-refractivity contribution in [2.24, 2.45) is 0 Å². The van der Waals surface area contributed by atoms with Gasteiger partial charge in [0.25, 0.3) is 0 Å². The number of anilines is 1. The van der Waals surface area contributed by atoms with Crippen LogP contribution in [0.3, 0.4) is 0 Å². The molecule has 0 radical (unpaired) electrons. The minimum atomic E-state index is -0.398. The molecule has 2 aromatic carbocycles. The van der Waals surface area contributed by atoms with Gasteiger partial charge in [0.2, 0.25) is 5.71 Å². The van der Waals surface area contributed by atoms with Gasteiger partial charge in [-0.05, 0) is 38.2 Å². The van der Waals surface area contributed by atoms with Crippen molar-refractivity contribution >= 4 is 33.7 Å². The third kappa shape index (κ3) is 3.66. The highest BCUT2D eigenvalue weighted by Crippen LogP contribution is 2.47. The Morgan fingerprint density at radius 1 is 1.26 bits per heavy atom. The number of hydrogen-bond acceptors (Lipinski definition) is 7. The molecule has 4 aromatic rings. The molecule has 0 saturated carbocycles. The molecule has 1 aliphatic heterocycles. The number of aromatic nitrogens is 1. The minimum Gasteiger partial charge on any atom is -0.461 e. The number of pyridine rings is 1. The average molecular weight is 455 g/mol. The summed E-state index contributed by atoms with van der Waals surface area (Å²) in [5.41, 5.74) is 4.86. The lowest BCUT2D eigenvalue weighted by atomic mass is 9.90. The van der Waals surface area contributed by atoms with Crippen LogP contribution >= 0.6 is 0 Å². The number of carbonyl (C=O) groups is 1. The summed E-state index contributed by atoms with van der Waals surface area (Å²) in [6, 6.07) is 16.6. The largest absolute Gasteiger partial charge is 0.461 e. The fraction of sp³-hybridized carbons (Fsp3) is 0.296. The Labute approximate surface area is 198 Å². The van der Waals surface area contributed by atoms with Crippen molar-refractivity contribution in [1.82, 2.24) is 9.88 Å². The topological polar surface area (TPSA) is 82.6 Å². The minimum absolute atomic E-state index is 0.0131. The molecular weight excluding hydrogens is 428 g/mol. The Morgan fingerprint density at radius 3 is 2.74 bits per heavy atom. The number of furan rings is 1. The molecule has 1 aliphatic rings. The van der Waals surface area contributed by atoms with Crippen molar-refractivity contribution in [2.45, 2.75) is 26.0 Å². The molecule has 0 amide bonds. The van der Waals surface area contributed by atoms with E-state index in [1.807, 2.05) is 42.5 Å². The number of hydrogen-bond donors (Lipinski definition) is 0. The Hall–Kier alpha value is -3.89. The number of ether oxygens (including phenoxy) is 1. The summed E-state index contributed by atoms with van der Waals surface area (Å²) in [5, 5.41) is 12.0. The highest BCUT2D eigenvalue weighted by atomic mass is 16.5. The first-order valence-electron chi connectivity index (χ1n) is 11.4. The summed E-state index contributed by atoms with van der Waals surface area (Å²) in [6.07, 6.45) is 2.71. The third-order valence-electron chi connectivity index (χ3n) is 6.57. The summed E-state index contributed by atoms with van der Waals surface area (Å²) >= 11 is 0. The van der Waals surface area contributed by atoms with Crippen molar-refractivity contribution < 1.29 is 13.9 Å². The van der Waals surface area contributed by atoms with E-state index in [0.29, 0.717) is 28.5 Å². The van der Waals surface area contributed by atoms with E-state index in [0.717, 1.165) is 47.1 Å². The van der Waals surface area contributed by atoms with E-state index in [4.69, 9.17) is 9.15 Å². The molecule has 1 fully saturated rings. The summed E-state index contributed by atoms with van der Waals surface area (Å²) in [5.74, 6) is -0.398. The highest BCUT2D eigenvalue weighted by molar-refractivity contribution is 6.17. The normalized spacial score (nSPS) is 15.9. The SMILES string of the molecule is CC(=O)OCc1c(-c2ccccc2)c(N2CC[C@H](N(C)C)C2)c2c(oc3ncccc32)c1C#N. The van der Waals surface area contributed by atoms with Crippen molar-refractivity contribution in [3.8, 4) is 17.2 Å². The fourth-order valence-corrected chi connectivity index (χ4v) is 4.91. The van der Waals surface area contributed by atoms with Crippen molar-refractivity contribution in [3.63, 3.8) is 0 Å². The van der Waals surface area contributed by atoms with Gasteiger partial charge < -0.3 is 19.0 Å². The van der Waals surface area contributed by atoms with Crippen LogP contribution in [0, 0.1) is 11.3 Å². The first kappa shape index (κ1) is 21.9. The molecule has 2 aromatic heterocycles. The summed E-state index contributed by atoms with van der Waals surface area (Å²) in [7, 11) is 4.20. The second-order valence-electron chi connectivity index (χ2n) is 8.85. The number of fused-ring (bicyclic) bond motifs is 3. The van der Waals surface area contributed by atoms with Crippen LogP contribution in [0.4, 0.5) is 5.69 Å². The monoisotopic (exact) mass is 454 g/mol. The first-order chi connectivity index (χ1) is 16.5. The molecule has 7 heteroatoms. The van der Waals surface area contributed by atoms with Gasteiger partial charge in [-0.25, -0.2) is 4.98 Å². The van der Waals surface area contributed by atoms with Crippen LogP contribution in [0.2, 0.25) is 0 Å². The molecule has 0 N–H and O–H groups in total. The quantitative estimate of drug-likeness (QED) is 0.403. The van der Waals surface area contributed by atoms with Crippen LogP contribution in [0.1, 0.15) is 24.5 Å². The molecule has 1 atom stereocenters. The second-order valence-corrected chi connectivity index (χ2v) is 8.85. The Morgan fingerprint density at radius 2 is 2.06 bits per heavy atom. The number of likely N-dealkylation sites (N-methyl/N-ethyl adjacent to an activating group) is 1. The lowest BCUT2D eigenvalue weighted by molar-refractivity contribution is -0.142. The summed E-state index contributed by atoms with van der Waals surface area (Å²) in [6.45, 7) is 3.07. The van der Waals surface area contributed by atoms with E-state index in [2.05, 4.69) is 34.9 Å². The Balaban J connectivity index is 1.91. The number of benzene rings is 2. The number of nitriles is 1. The smallest absolute Gasteiger partial charge is 0.302 e. The number of rotatable bonds is 5. The maximum Gasteiger partial charge on any atom is 0.302 e. The van der Waals surface area contributed by atoms with E-state index in [1.54, 1.807) is 6.20 Å².